The van der Waals surface area contributed by atoms with E-state index in [9.17, 15) is 0 Å². The molecule has 0 amide bonds. The number of fused-ring (bicyclic) bond motifs is 5. The number of hydrogen-bond donors (Lipinski definition) is 0. The minimum Gasteiger partial charge on any atom is -0.248 e. The number of benzene rings is 6. The Balaban J connectivity index is 1.29. The molecule has 0 saturated carbocycles. The van der Waals surface area contributed by atoms with Gasteiger partial charge in [0.15, 0.2) is 0 Å². The van der Waals surface area contributed by atoms with Gasteiger partial charge in [0.2, 0.25) is 0 Å². The van der Waals surface area contributed by atoms with Crippen molar-refractivity contribution in [2.24, 2.45) is 0 Å². The van der Waals surface area contributed by atoms with Crippen molar-refractivity contribution >= 4 is 59.8 Å². The molecule has 0 spiro atoms. The van der Waals surface area contributed by atoms with Crippen molar-refractivity contribution in [3.63, 3.8) is 0 Å². The summed E-state index contributed by atoms with van der Waals surface area (Å²) >= 11 is 1.86. The van der Waals surface area contributed by atoms with E-state index in [0.29, 0.717) is 0 Å². The summed E-state index contributed by atoms with van der Waals surface area (Å²) in [5, 5.41) is 7.27. The van der Waals surface area contributed by atoms with Crippen molar-refractivity contribution < 1.29 is 0 Å². The zero-order valence-corrected chi connectivity index (χ0v) is 23.2. The molecule has 1 aromatic heterocycles. The third kappa shape index (κ3) is 3.86. The molecule has 194 valence electrons. The molecule has 6 aromatic carbocycles. The molecule has 0 N–H and O–H groups in total. The van der Waals surface area contributed by atoms with E-state index >= 15 is 0 Å². The van der Waals surface area contributed by atoms with Gasteiger partial charge in [-0.3, -0.25) is 0 Å². The zero-order valence-electron chi connectivity index (χ0n) is 22.4. The van der Waals surface area contributed by atoms with Crippen LogP contribution in [-0.4, -0.2) is 0 Å². The van der Waals surface area contributed by atoms with E-state index in [1.54, 1.807) is 0 Å². The van der Waals surface area contributed by atoms with Crippen LogP contribution in [0, 0.1) is 0 Å². The van der Waals surface area contributed by atoms with E-state index in [4.69, 9.17) is 0 Å². The van der Waals surface area contributed by atoms with Crippen LogP contribution in [-0.2, 0) is 0 Å². The van der Waals surface area contributed by atoms with Crippen LogP contribution in [0.2, 0.25) is 0 Å². The summed E-state index contributed by atoms with van der Waals surface area (Å²) in [6, 6.07) is 52.1. The van der Waals surface area contributed by atoms with Gasteiger partial charge in [0, 0.05) is 31.3 Å². The maximum Gasteiger partial charge on any atom is 0.0715 e. The molecule has 0 saturated heterocycles. The second kappa shape index (κ2) is 9.51. The number of hydrazine groups is 1. The van der Waals surface area contributed by atoms with Crippen LogP contribution in [0.5, 0.6) is 0 Å². The lowest BCUT2D eigenvalue weighted by Crippen LogP contribution is -2.35. The van der Waals surface area contributed by atoms with E-state index < -0.39 is 0 Å². The van der Waals surface area contributed by atoms with Gasteiger partial charge in [0.1, 0.15) is 0 Å². The highest BCUT2D eigenvalue weighted by Crippen LogP contribution is 2.47. The molecule has 2 nitrogen and oxygen atoms in total. The van der Waals surface area contributed by atoms with E-state index in [2.05, 4.69) is 162 Å². The molecule has 1 aliphatic heterocycles. The van der Waals surface area contributed by atoms with Crippen LogP contribution in [0.15, 0.2) is 152 Å². The van der Waals surface area contributed by atoms with Crippen LogP contribution in [0.4, 0.5) is 22.7 Å². The normalized spacial score (nSPS) is 12.8. The van der Waals surface area contributed by atoms with Gasteiger partial charge >= 0.3 is 0 Å². The molecular formula is C38H26N2S. The van der Waals surface area contributed by atoms with Gasteiger partial charge in [-0.1, -0.05) is 97.6 Å². The fourth-order valence-electron chi connectivity index (χ4n) is 5.97. The average Bonchev–Trinajstić information content (AvgIpc) is 3.37. The minimum atomic E-state index is 1.02. The molecule has 2 heterocycles. The minimum absolute atomic E-state index is 1.02. The first-order valence-electron chi connectivity index (χ1n) is 13.8. The Hall–Kier alpha value is -5.12. The third-order valence-electron chi connectivity index (χ3n) is 7.94. The van der Waals surface area contributed by atoms with Gasteiger partial charge in [-0.15, -0.1) is 11.3 Å². The van der Waals surface area contributed by atoms with Gasteiger partial charge < -0.3 is 0 Å². The summed E-state index contributed by atoms with van der Waals surface area (Å²) in [5.41, 5.74) is 10.0. The van der Waals surface area contributed by atoms with Crippen LogP contribution in [0.1, 0.15) is 11.1 Å². The Labute approximate surface area is 243 Å². The lowest BCUT2D eigenvalue weighted by atomic mass is 9.97. The predicted molar refractivity (Wildman–Crippen MR) is 177 cm³/mol. The van der Waals surface area contributed by atoms with Crippen molar-refractivity contribution in [3.8, 4) is 11.1 Å². The van der Waals surface area contributed by atoms with Crippen molar-refractivity contribution in [3.05, 3.63) is 163 Å². The SMILES string of the molecule is C=C1c2ccccc2N(c2ccccc2)N(c2ccc(-c3ccc4sc5ccccc5c4c3)cc2)c2ccccc21. The molecule has 8 rings (SSSR count). The second-order valence-electron chi connectivity index (χ2n) is 10.3. The van der Waals surface area contributed by atoms with Gasteiger partial charge in [0.05, 0.1) is 22.7 Å². The second-order valence-corrected chi connectivity index (χ2v) is 11.4. The molecule has 0 fully saturated rings. The Bertz CT molecular complexity index is 2070. The Morgan fingerprint density at radius 3 is 1.68 bits per heavy atom. The third-order valence-corrected chi connectivity index (χ3v) is 9.09. The Morgan fingerprint density at radius 1 is 0.439 bits per heavy atom. The van der Waals surface area contributed by atoms with Gasteiger partial charge in [-0.2, -0.15) is 0 Å². The Morgan fingerprint density at radius 2 is 0.976 bits per heavy atom. The first-order chi connectivity index (χ1) is 20.3. The first kappa shape index (κ1) is 23.7. The van der Waals surface area contributed by atoms with Crippen LogP contribution >= 0.6 is 11.3 Å². The topological polar surface area (TPSA) is 6.48 Å². The number of thiophene rings is 1. The fraction of sp³-hybridized carbons (Fsp3) is 0. The van der Waals surface area contributed by atoms with Gasteiger partial charge in [0.25, 0.3) is 0 Å². The molecule has 0 atom stereocenters. The standard InChI is InChI=1S/C38H26N2S/c1-26-31-13-5-8-16-35(31)39(29-11-3-2-4-12-29)40(36-17-9-6-14-32(26)36)30-22-19-27(20-23-30)28-21-24-38-34(25-28)33-15-7-10-18-37(33)41-38/h2-25H,1H2. The average molecular weight is 543 g/mol. The van der Waals surface area contributed by atoms with Crippen molar-refractivity contribution in [2.75, 3.05) is 10.0 Å². The van der Waals surface area contributed by atoms with Gasteiger partial charge in [-0.25, -0.2) is 10.0 Å². The van der Waals surface area contributed by atoms with E-state index in [-0.39, 0.29) is 0 Å². The summed E-state index contributed by atoms with van der Waals surface area (Å²) in [6.45, 7) is 4.56. The number of hydrogen-bond acceptors (Lipinski definition) is 3. The molecule has 0 bridgehead atoms. The molecule has 0 aliphatic carbocycles. The fourth-order valence-corrected chi connectivity index (χ4v) is 7.05. The monoisotopic (exact) mass is 542 g/mol. The molecule has 3 heteroatoms. The lowest BCUT2D eigenvalue weighted by Gasteiger charge is -2.38. The predicted octanol–water partition coefficient (Wildman–Crippen LogP) is 11.0. The molecule has 7 aromatic rings. The van der Waals surface area contributed by atoms with E-state index in [0.717, 1.165) is 39.4 Å². The van der Waals surface area contributed by atoms with Crippen molar-refractivity contribution in [2.45, 2.75) is 0 Å². The van der Waals surface area contributed by atoms with Crippen molar-refractivity contribution in [1.29, 1.82) is 0 Å². The maximum absolute atomic E-state index is 4.56. The largest absolute Gasteiger partial charge is 0.248 e. The van der Waals surface area contributed by atoms with E-state index in [1.165, 1.54) is 31.3 Å². The highest BCUT2D eigenvalue weighted by Gasteiger charge is 2.30. The molecule has 0 radical (unpaired) electrons. The zero-order chi connectivity index (χ0) is 27.3. The highest BCUT2D eigenvalue weighted by atomic mass is 32.1. The highest BCUT2D eigenvalue weighted by molar-refractivity contribution is 7.25. The maximum atomic E-state index is 4.56. The van der Waals surface area contributed by atoms with E-state index in [1.807, 2.05) is 11.3 Å². The molecular weight excluding hydrogens is 516 g/mol. The van der Waals surface area contributed by atoms with Gasteiger partial charge in [-0.05, 0) is 71.3 Å². The first-order valence-corrected chi connectivity index (χ1v) is 14.6. The summed E-state index contributed by atoms with van der Waals surface area (Å²) in [6.07, 6.45) is 0. The number of anilines is 4. The molecule has 41 heavy (non-hydrogen) atoms. The lowest BCUT2D eigenvalue weighted by molar-refractivity contribution is 0.993. The van der Waals surface area contributed by atoms with Crippen LogP contribution in [0.25, 0.3) is 36.9 Å². The summed E-state index contributed by atoms with van der Waals surface area (Å²) < 4.78 is 2.66. The van der Waals surface area contributed by atoms with Crippen LogP contribution < -0.4 is 10.0 Å². The number of nitrogens with zero attached hydrogens (tertiary/aromatic N) is 2. The summed E-state index contributed by atoms with van der Waals surface area (Å²) in [4.78, 5) is 0. The quantitative estimate of drug-likeness (QED) is 0.219. The number of para-hydroxylation sites is 3. The smallest absolute Gasteiger partial charge is 0.0715 e. The van der Waals surface area contributed by atoms with Crippen molar-refractivity contribution in [1.82, 2.24) is 0 Å². The summed E-state index contributed by atoms with van der Waals surface area (Å²) in [5.74, 6) is 0. The Kier molecular flexibility index (Phi) is 5.51. The molecule has 0 unspecified atom stereocenters. The number of rotatable bonds is 3. The molecule has 1 aliphatic rings. The summed E-state index contributed by atoms with van der Waals surface area (Å²) in [7, 11) is 0. The van der Waals surface area contributed by atoms with Crippen LogP contribution in [0.3, 0.4) is 0 Å².